The molecule has 0 bridgehead atoms. The number of ether oxygens (including phenoxy) is 1. The van der Waals surface area contributed by atoms with Crippen molar-refractivity contribution in [2.24, 2.45) is 5.92 Å². The zero-order valence-corrected chi connectivity index (χ0v) is 11.8. The van der Waals surface area contributed by atoms with Gasteiger partial charge in [-0.2, -0.15) is 0 Å². The second kappa shape index (κ2) is 6.30. The van der Waals surface area contributed by atoms with Gasteiger partial charge in [0.25, 0.3) is 0 Å². The number of methoxy groups -OCH3 is 1. The van der Waals surface area contributed by atoms with Crippen LogP contribution >= 0.6 is 11.6 Å². The fourth-order valence-electron chi connectivity index (χ4n) is 2.35. The Morgan fingerprint density at radius 2 is 2.33 bits per heavy atom. The predicted molar refractivity (Wildman–Crippen MR) is 76.8 cm³/mol. The molecule has 0 radical (unpaired) electrons. The van der Waals surface area contributed by atoms with Gasteiger partial charge >= 0.3 is 0 Å². The molecule has 1 aliphatic heterocycles. The summed E-state index contributed by atoms with van der Waals surface area (Å²) in [6, 6.07) is 3.93. The van der Waals surface area contributed by atoms with E-state index in [0.29, 0.717) is 10.9 Å². The molecule has 18 heavy (non-hydrogen) atoms. The van der Waals surface area contributed by atoms with Gasteiger partial charge in [-0.05, 0) is 56.5 Å². The van der Waals surface area contributed by atoms with Gasteiger partial charge in [0.2, 0.25) is 0 Å². The van der Waals surface area contributed by atoms with E-state index in [1.165, 1.54) is 18.4 Å². The van der Waals surface area contributed by atoms with Gasteiger partial charge in [-0.1, -0.05) is 11.6 Å². The number of anilines is 1. The third-order valence-electron chi connectivity index (χ3n) is 3.48. The highest BCUT2D eigenvalue weighted by Crippen LogP contribution is 2.30. The molecule has 1 heterocycles. The van der Waals surface area contributed by atoms with Crippen molar-refractivity contribution in [1.29, 1.82) is 0 Å². The van der Waals surface area contributed by atoms with Crippen LogP contribution in [0.2, 0.25) is 5.02 Å². The van der Waals surface area contributed by atoms with E-state index in [2.05, 4.69) is 17.6 Å². The molecule has 1 saturated heterocycles. The highest BCUT2D eigenvalue weighted by molar-refractivity contribution is 6.32. The molecular formula is C14H21ClN2O. The molecule has 0 amide bonds. The van der Waals surface area contributed by atoms with Crippen LogP contribution in [-0.4, -0.2) is 26.7 Å². The van der Waals surface area contributed by atoms with Gasteiger partial charge in [-0.15, -0.1) is 0 Å². The Balaban J connectivity index is 1.98. The average Bonchev–Trinajstić information content (AvgIpc) is 2.40. The van der Waals surface area contributed by atoms with Crippen molar-refractivity contribution in [3.63, 3.8) is 0 Å². The molecule has 0 aliphatic carbocycles. The highest BCUT2D eigenvalue weighted by Gasteiger charge is 2.13. The molecule has 2 rings (SSSR count). The predicted octanol–water partition coefficient (Wildman–Crippen LogP) is 3.07. The van der Waals surface area contributed by atoms with Gasteiger partial charge in [0.05, 0.1) is 12.1 Å². The molecular weight excluding hydrogens is 248 g/mol. The molecule has 1 fully saturated rings. The fraction of sp³-hybridized carbons (Fsp3) is 0.571. The van der Waals surface area contributed by atoms with Crippen LogP contribution < -0.4 is 15.4 Å². The monoisotopic (exact) mass is 268 g/mol. The van der Waals surface area contributed by atoms with Gasteiger partial charge in [-0.25, -0.2) is 0 Å². The van der Waals surface area contributed by atoms with Crippen LogP contribution in [0.3, 0.4) is 0 Å². The standard InChI is InChI=1S/C14H21ClN2O/c1-10-6-14(18-2)12(15)7-13(10)17-9-11-4-3-5-16-8-11/h6-7,11,16-17H,3-5,8-9H2,1-2H3. The van der Waals surface area contributed by atoms with Crippen LogP contribution in [-0.2, 0) is 0 Å². The number of nitrogens with one attached hydrogen (secondary N) is 2. The smallest absolute Gasteiger partial charge is 0.137 e. The molecule has 0 aromatic heterocycles. The first-order valence-electron chi connectivity index (χ1n) is 6.49. The minimum absolute atomic E-state index is 0.660. The number of benzene rings is 1. The van der Waals surface area contributed by atoms with Gasteiger partial charge in [0, 0.05) is 12.2 Å². The lowest BCUT2D eigenvalue weighted by Gasteiger charge is -2.24. The Morgan fingerprint density at radius 3 is 3.00 bits per heavy atom. The third-order valence-corrected chi connectivity index (χ3v) is 3.77. The maximum Gasteiger partial charge on any atom is 0.137 e. The van der Waals surface area contributed by atoms with Crippen LogP contribution in [0.5, 0.6) is 5.75 Å². The van der Waals surface area contributed by atoms with Crippen molar-refractivity contribution in [2.75, 3.05) is 32.1 Å². The van der Waals surface area contributed by atoms with Gasteiger partial charge in [-0.3, -0.25) is 0 Å². The first-order chi connectivity index (χ1) is 8.70. The lowest BCUT2D eigenvalue weighted by Crippen LogP contribution is -2.33. The number of halogens is 1. The van der Waals surface area contributed by atoms with Crippen molar-refractivity contribution in [2.45, 2.75) is 19.8 Å². The number of aryl methyl sites for hydroxylation is 1. The van der Waals surface area contributed by atoms with E-state index < -0.39 is 0 Å². The Bertz CT molecular complexity index is 403. The lowest BCUT2D eigenvalue weighted by atomic mass is 9.99. The number of hydrogen-bond donors (Lipinski definition) is 2. The van der Waals surface area contributed by atoms with E-state index in [0.717, 1.165) is 31.1 Å². The van der Waals surface area contributed by atoms with Crippen LogP contribution in [0.4, 0.5) is 5.69 Å². The van der Waals surface area contributed by atoms with Crippen LogP contribution in [0.15, 0.2) is 12.1 Å². The lowest BCUT2D eigenvalue weighted by molar-refractivity contribution is 0.393. The summed E-state index contributed by atoms with van der Waals surface area (Å²) in [5.74, 6) is 1.44. The molecule has 100 valence electrons. The topological polar surface area (TPSA) is 33.3 Å². The molecule has 1 atom stereocenters. The maximum absolute atomic E-state index is 6.15. The van der Waals surface area contributed by atoms with E-state index in [9.17, 15) is 0 Å². The first kappa shape index (κ1) is 13.5. The van der Waals surface area contributed by atoms with Crippen LogP contribution in [0, 0.1) is 12.8 Å². The quantitative estimate of drug-likeness (QED) is 0.881. The number of hydrogen-bond acceptors (Lipinski definition) is 3. The largest absolute Gasteiger partial charge is 0.495 e. The molecule has 0 saturated carbocycles. The fourth-order valence-corrected chi connectivity index (χ4v) is 2.60. The molecule has 4 heteroatoms. The Morgan fingerprint density at radius 1 is 1.50 bits per heavy atom. The summed E-state index contributed by atoms with van der Waals surface area (Å²) in [4.78, 5) is 0. The molecule has 0 spiro atoms. The van der Waals surface area contributed by atoms with Crippen LogP contribution in [0.1, 0.15) is 18.4 Å². The van der Waals surface area contributed by atoms with Gasteiger partial charge in [0.15, 0.2) is 0 Å². The molecule has 3 nitrogen and oxygen atoms in total. The first-order valence-corrected chi connectivity index (χ1v) is 6.87. The molecule has 1 aliphatic rings. The summed E-state index contributed by atoms with van der Waals surface area (Å²) in [7, 11) is 1.64. The summed E-state index contributed by atoms with van der Waals surface area (Å²) in [5.41, 5.74) is 2.27. The average molecular weight is 269 g/mol. The zero-order chi connectivity index (χ0) is 13.0. The minimum atomic E-state index is 0.660. The van der Waals surface area contributed by atoms with E-state index in [4.69, 9.17) is 16.3 Å². The Labute approximate surface area is 114 Å². The summed E-state index contributed by atoms with van der Waals surface area (Å²) in [5, 5.41) is 7.58. The second-order valence-corrected chi connectivity index (χ2v) is 5.30. The van der Waals surface area contributed by atoms with Gasteiger partial charge < -0.3 is 15.4 Å². The van der Waals surface area contributed by atoms with Crippen molar-refractivity contribution in [3.05, 3.63) is 22.7 Å². The van der Waals surface area contributed by atoms with Crippen molar-refractivity contribution in [3.8, 4) is 5.75 Å². The molecule has 1 unspecified atom stereocenters. The minimum Gasteiger partial charge on any atom is -0.495 e. The van der Waals surface area contributed by atoms with Crippen molar-refractivity contribution in [1.82, 2.24) is 5.32 Å². The summed E-state index contributed by atoms with van der Waals surface area (Å²) in [6.45, 7) is 5.33. The highest BCUT2D eigenvalue weighted by atomic mass is 35.5. The van der Waals surface area contributed by atoms with E-state index in [1.807, 2.05) is 12.1 Å². The van der Waals surface area contributed by atoms with E-state index in [1.54, 1.807) is 7.11 Å². The number of piperidine rings is 1. The maximum atomic E-state index is 6.15. The molecule has 1 aromatic rings. The summed E-state index contributed by atoms with van der Waals surface area (Å²) < 4.78 is 5.21. The Hall–Kier alpha value is -0.930. The number of rotatable bonds is 4. The van der Waals surface area contributed by atoms with Crippen molar-refractivity contribution >= 4 is 17.3 Å². The normalized spacial score (nSPS) is 19.6. The Kier molecular flexibility index (Phi) is 4.72. The molecule has 2 N–H and O–H groups in total. The van der Waals surface area contributed by atoms with Crippen molar-refractivity contribution < 1.29 is 4.74 Å². The van der Waals surface area contributed by atoms with E-state index in [-0.39, 0.29) is 0 Å². The van der Waals surface area contributed by atoms with E-state index >= 15 is 0 Å². The summed E-state index contributed by atoms with van der Waals surface area (Å²) in [6.07, 6.45) is 2.57. The second-order valence-electron chi connectivity index (χ2n) is 4.89. The molecule has 1 aromatic carbocycles. The van der Waals surface area contributed by atoms with Crippen LogP contribution in [0.25, 0.3) is 0 Å². The zero-order valence-electron chi connectivity index (χ0n) is 11.1. The van der Waals surface area contributed by atoms with Gasteiger partial charge in [0.1, 0.15) is 5.75 Å². The summed E-state index contributed by atoms with van der Waals surface area (Å²) >= 11 is 6.15. The third kappa shape index (κ3) is 3.30. The SMILES string of the molecule is COc1cc(C)c(NCC2CCCNC2)cc1Cl.